The molecule has 0 saturated carbocycles. The third-order valence-electron chi connectivity index (χ3n) is 5.60. The Morgan fingerprint density at radius 3 is 2.48 bits per heavy atom. The number of nitrogens with zero attached hydrogens (tertiary/aromatic N) is 5. The van der Waals surface area contributed by atoms with Crippen molar-refractivity contribution in [1.29, 1.82) is 0 Å². The molecule has 2 aromatic carbocycles. The van der Waals surface area contributed by atoms with Gasteiger partial charge in [-0.2, -0.15) is 0 Å². The van der Waals surface area contributed by atoms with Crippen LogP contribution < -0.4 is 4.90 Å². The van der Waals surface area contributed by atoms with Gasteiger partial charge in [0.25, 0.3) is 5.91 Å². The first kappa shape index (κ1) is 19.1. The molecule has 4 rings (SSSR count). The smallest absolute Gasteiger partial charge is 0.276 e. The normalized spacial score (nSPS) is 14.3. The molecule has 3 aromatic rings. The number of aryl methyl sites for hydroxylation is 2. The Morgan fingerprint density at radius 2 is 1.76 bits per heavy atom. The number of hydrogen-bond donors (Lipinski definition) is 0. The molecule has 1 aliphatic rings. The van der Waals surface area contributed by atoms with E-state index in [-0.39, 0.29) is 11.7 Å². The van der Waals surface area contributed by atoms with Gasteiger partial charge in [-0.05, 0) is 61.7 Å². The van der Waals surface area contributed by atoms with Gasteiger partial charge < -0.3 is 9.80 Å². The second-order valence-corrected chi connectivity index (χ2v) is 7.48. The van der Waals surface area contributed by atoms with Crippen molar-refractivity contribution in [2.24, 2.45) is 0 Å². The molecule has 0 radical (unpaired) electrons. The molecule has 1 amide bonds. The number of rotatable bonds is 3. The fraction of sp³-hybridized carbons (Fsp3) is 0.318. The molecular formula is C22H24FN5O. The molecule has 1 fully saturated rings. The van der Waals surface area contributed by atoms with Crippen LogP contribution in [-0.4, -0.2) is 52.0 Å². The number of aromatic nitrogens is 3. The molecule has 1 saturated heterocycles. The van der Waals surface area contributed by atoms with Gasteiger partial charge in [0.1, 0.15) is 5.82 Å². The first-order valence-corrected chi connectivity index (χ1v) is 9.73. The van der Waals surface area contributed by atoms with E-state index in [4.69, 9.17) is 0 Å². The van der Waals surface area contributed by atoms with Gasteiger partial charge in [-0.1, -0.05) is 17.3 Å². The standard InChI is InChI=1S/C22H24FN5O/c1-15-5-4-6-21(17(15)3)26-9-11-27(12-10-26)22(29)20-14-28(25-24-20)18-7-8-19(23)16(2)13-18/h4-8,13-14H,9-12H2,1-3H3. The number of hydrogen-bond acceptors (Lipinski definition) is 4. The van der Waals surface area contributed by atoms with Crippen molar-refractivity contribution in [2.45, 2.75) is 20.8 Å². The lowest BCUT2D eigenvalue weighted by Gasteiger charge is -2.36. The summed E-state index contributed by atoms with van der Waals surface area (Å²) in [5.41, 5.74) is 5.28. The summed E-state index contributed by atoms with van der Waals surface area (Å²) in [6.45, 7) is 8.77. The predicted molar refractivity (Wildman–Crippen MR) is 110 cm³/mol. The van der Waals surface area contributed by atoms with Crippen LogP contribution in [0.3, 0.4) is 0 Å². The zero-order valence-corrected chi connectivity index (χ0v) is 16.9. The van der Waals surface area contributed by atoms with E-state index in [9.17, 15) is 9.18 Å². The third-order valence-corrected chi connectivity index (χ3v) is 5.60. The minimum absolute atomic E-state index is 0.129. The first-order valence-electron chi connectivity index (χ1n) is 9.73. The molecule has 0 unspecified atom stereocenters. The van der Waals surface area contributed by atoms with Crippen molar-refractivity contribution < 1.29 is 9.18 Å². The second-order valence-electron chi connectivity index (χ2n) is 7.48. The fourth-order valence-electron chi connectivity index (χ4n) is 3.65. The van der Waals surface area contributed by atoms with E-state index in [1.165, 1.54) is 27.6 Å². The quantitative estimate of drug-likeness (QED) is 0.685. The maximum atomic E-state index is 13.5. The van der Waals surface area contributed by atoms with Crippen LogP contribution in [0.25, 0.3) is 5.69 Å². The van der Waals surface area contributed by atoms with E-state index >= 15 is 0 Å². The Balaban J connectivity index is 1.44. The SMILES string of the molecule is Cc1cc(-n2cc(C(=O)N3CCN(c4cccc(C)c4C)CC3)nn2)ccc1F. The molecule has 0 N–H and O–H groups in total. The molecule has 2 heterocycles. The van der Waals surface area contributed by atoms with Gasteiger partial charge in [-0.3, -0.25) is 4.79 Å². The Morgan fingerprint density at radius 1 is 1.00 bits per heavy atom. The lowest BCUT2D eigenvalue weighted by Crippen LogP contribution is -2.49. The fourth-order valence-corrected chi connectivity index (χ4v) is 3.65. The molecule has 0 bridgehead atoms. The van der Waals surface area contributed by atoms with E-state index in [0.717, 1.165) is 13.1 Å². The average molecular weight is 393 g/mol. The number of carbonyl (C=O) groups excluding carboxylic acids is 1. The van der Waals surface area contributed by atoms with Gasteiger partial charge in [-0.15, -0.1) is 5.10 Å². The lowest BCUT2D eigenvalue weighted by atomic mass is 10.1. The number of halogens is 1. The van der Waals surface area contributed by atoms with Crippen molar-refractivity contribution in [3.8, 4) is 5.69 Å². The van der Waals surface area contributed by atoms with Gasteiger partial charge in [0.05, 0.1) is 11.9 Å². The van der Waals surface area contributed by atoms with Gasteiger partial charge >= 0.3 is 0 Å². The summed E-state index contributed by atoms with van der Waals surface area (Å²) in [5, 5.41) is 8.08. The van der Waals surface area contributed by atoms with Gasteiger partial charge in [0.2, 0.25) is 0 Å². The number of amides is 1. The maximum Gasteiger partial charge on any atom is 0.276 e. The van der Waals surface area contributed by atoms with Crippen LogP contribution in [0.15, 0.2) is 42.6 Å². The summed E-state index contributed by atoms with van der Waals surface area (Å²) < 4.78 is 15.0. The van der Waals surface area contributed by atoms with E-state index in [1.807, 2.05) is 4.90 Å². The zero-order chi connectivity index (χ0) is 20.5. The summed E-state index contributed by atoms with van der Waals surface area (Å²) in [5.74, 6) is -0.400. The highest BCUT2D eigenvalue weighted by molar-refractivity contribution is 5.92. The molecule has 6 nitrogen and oxygen atoms in total. The molecule has 0 atom stereocenters. The highest BCUT2D eigenvalue weighted by Gasteiger charge is 2.25. The molecule has 1 aromatic heterocycles. The Bertz CT molecular complexity index is 1050. The van der Waals surface area contributed by atoms with Crippen molar-refractivity contribution in [3.63, 3.8) is 0 Å². The monoisotopic (exact) mass is 393 g/mol. The molecule has 0 spiro atoms. The molecule has 0 aliphatic carbocycles. The van der Waals surface area contributed by atoms with Gasteiger partial charge in [0.15, 0.2) is 5.69 Å². The summed E-state index contributed by atoms with van der Waals surface area (Å²) in [6.07, 6.45) is 1.60. The highest BCUT2D eigenvalue weighted by Crippen LogP contribution is 2.24. The minimum atomic E-state index is -0.271. The molecule has 150 valence electrons. The topological polar surface area (TPSA) is 54.3 Å². The lowest BCUT2D eigenvalue weighted by molar-refractivity contribution is 0.0740. The second kappa shape index (κ2) is 7.66. The largest absolute Gasteiger partial charge is 0.368 e. The van der Waals surface area contributed by atoms with E-state index in [0.29, 0.717) is 30.0 Å². The van der Waals surface area contributed by atoms with Crippen LogP contribution in [0.4, 0.5) is 10.1 Å². The minimum Gasteiger partial charge on any atom is -0.368 e. The summed E-state index contributed by atoms with van der Waals surface area (Å²) >= 11 is 0. The molecular weight excluding hydrogens is 369 g/mol. The molecule has 7 heteroatoms. The summed E-state index contributed by atoms with van der Waals surface area (Å²) in [4.78, 5) is 17.0. The van der Waals surface area contributed by atoms with Gasteiger partial charge in [0, 0.05) is 31.9 Å². The van der Waals surface area contributed by atoms with E-state index < -0.39 is 0 Å². The Kier molecular flexibility index (Phi) is 5.05. The molecule has 1 aliphatic heterocycles. The number of piperazine rings is 1. The van der Waals surface area contributed by atoms with Crippen LogP contribution in [0, 0.1) is 26.6 Å². The van der Waals surface area contributed by atoms with Crippen molar-refractivity contribution in [1.82, 2.24) is 19.9 Å². The third kappa shape index (κ3) is 3.72. The Hall–Kier alpha value is -3.22. The average Bonchev–Trinajstić information content (AvgIpc) is 3.22. The van der Waals surface area contributed by atoms with Crippen LogP contribution in [-0.2, 0) is 0 Å². The zero-order valence-electron chi connectivity index (χ0n) is 16.9. The van der Waals surface area contributed by atoms with Crippen LogP contribution in [0.5, 0.6) is 0 Å². The van der Waals surface area contributed by atoms with Crippen molar-refractivity contribution in [2.75, 3.05) is 31.1 Å². The summed E-state index contributed by atoms with van der Waals surface area (Å²) in [6, 6.07) is 11.0. The number of carbonyl (C=O) groups is 1. The van der Waals surface area contributed by atoms with E-state index in [2.05, 4.69) is 47.3 Å². The molecule has 29 heavy (non-hydrogen) atoms. The van der Waals surface area contributed by atoms with Crippen molar-refractivity contribution in [3.05, 3.63) is 70.8 Å². The van der Waals surface area contributed by atoms with Crippen LogP contribution in [0.1, 0.15) is 27.2 Å². The van der Waals surface area contributed by atoms with Crippen LogP contribution in [0.2, 0.25) is 0 Å². The highest BCUT2D eigenvalue weighted by atomic mass is 19.1. The summed E-state index contributed by atoms with van der Waals surface area (Å²) in [7, 11) is 0. The predicted octanol–water partition coefficient (Wildman–Crippen LogP) is 3.29. The van der Waals surface area contributed by atoms with Gasteiger partial charge in [-0.25, -0.2) is 9.07 Å². The Labute approximate surface area is 169 Å². The van der Waals surface area contributed by atoms with Crippen molar-refractivity contribution >= 4 is 11.6 Å². The first-order chi connectivity index (χ1) is 13.9. The maximum absolute atomic E-state index is 13.5. The van der Waals surface area contributed by atoms with Crippen LogP contribution >= 0.6 is 0 Å². The van der Waals surface area contributed by atoms with E-state index in [1.54, 1.807) is 25.3 Å². The number of anilines is 1. The number of benzene rings is 2.